The average Bonchev–Trinajstić information content (AvgIpc) is 2.63. The third-order valence-electron chi connectivity index (χ3n) is 3.84. The molecule has 2 unspecified atom stereocenters. The molecule has 2 rings (SSSR count). The summed E-state index contributed by atoms with van der Waals surface area (Å²) in [7, 11) is 0. The molecule has 1 fully saturated rings. The summed E-state index contributed by atoms with van der Waals surface area (Å²) in [5, 5.41) is 10.7. The van der Waals surface area contributed by atoms with Crippen molar-refractivity contribution in [3.63, 3.8) is 0 Å². The quantitative estimate of drug-likeness (QED) is 0.842. The van der Waals surface area contributed by atoms with Gasteiger partial charge < -0.3 is 10.6 Å². The Kier molecular flexibility index (Phi) is 6.28. The molecule has 1 aromatic heterocycles. The second kappa shape index (κ2) is 7.98. The molecule has 0 amide bonds. The first-order valence-electron chi connectivity index (χ1n) is 7.62. The predicted molar refractivity (Wildman–Crippen MR) is 82.9 cm³/mol. The van der Waals surface area contributed by atoms with Crippen molar-refractivity contribution >= 4 is 11.3 Å². The van der Waals surface area contributed by atoms with Crippen molar-refractivity contribution in [1.29, 1.82) is 0 Å². The first-order valence-corrected chi connectivity index (χ1v) is 8.50. The Morgan fingerprint density at radius 1 is 1.47 bits per heavy atom. The van der Waals surface area contributed by atoms with Gasteiger partial charge in [0.15, 0.2) is 0 Å². The van der Waals surface area contributed by atoms with E-state index in [2.05, 4.69) is 34.8 Å². The molecule has 1 aliphatic rings. The van der Waals surface area contributed by atoms with Crippen LogP contribution in [0.1, 0.15) is 49.7 Å². The zero-order chi connectivity index (χ0) is 13.5. The van der Waals surface area contributed by atoms with Gasteiger partial charge in [-0.2, -0.15) is 0 Å². The van der Waals surface area contributed by atoms with Crippen molar-refractivity contribution < 1.29 is 0 Å². The normalized spacial score (nSPS) is 22.1. The minimum absolute atomic E-state index is 0.593. The van der Waals surface area contributed by atoms with E-state index in [4.69, 9.17) is 0 Å². The first-order chi connectivity index (χ1) is 9.24. The summed E-state index contributed by atoms with van der Waals surface area (Å²) in [6.07, 6.45) is 7.78. The minimum atomic E-state index is 0.593. The van der Waals surface area contributed by atoms with Crippen LogP contribution in [0.25, 0.3) is 0 Å². The van der Waals surface area contributed by atoms with Gasteiger partial charge in [0.2, 0.25) is 0 Å². The third kappa shape index (κ3) is 5.59. The van der Waals surface area contributed by atoms with Crippen LogP contribution in [0.4, 0.5) is 0 Å². The number of nitrogens with one attached hydrogen (secondary N) is 2. The molecule has 4 heteroatoms. The van der Waals surface area contributed by atoms with Crippen LogP contribution in [0.2, 0.25) is 0 Å². The molecule has 19 heavy (non-hydrogen) atoms. The lowest BCUT2D eigenvalue weighted by Crippen LogP contribution is -2.37. The topological polar surface area (TPSA) is 37.0 Å². The molecule has 0 aromatic carbocycles. The number of aryl methyl sites for hydroxylation is 1. The van der Waals surface area contributed by atoms with Gasteiger partial charge in [0.25, 0.3) is 0 Å². The van der Waals surface area contributed by atoms with Crippen molar-refractivity contribution in [3.8, 4) is 0 Å². The molecule has 3 nitrogen and oxygen atoms in total. The number of nitrogens with zero attached hydrogens (tertiary/aromatic N) is 1. The number of rotatable bonds is 6. The summed E-state index contributed by atoms with van der Waals surface area (Å²) >= 11 is 1.75. The lowest BCUT2D eigenvalue weighted by atomic mass is 10.0. The summed E-state index contributed by atoms with van der Waals surface area (Å²) in [6.45, 7) is 6.62. The van der Waals surface area contributed by atoms with Crippen molar-refractivity contribution in [2.75, 3.05) is 13.1 Å². The van der Waals surface area contributed by atoms with Crippen LogP contribution in [0.5, 0.6) is 0 Å². The van der Waals surface area contributed by atoms with Gasteiger partial charge in [-0.3, -0.25) is 0 Å². The first kappa shape index (κ1) is 14.9. The van der Waals surface area contributed by atoms with Crippen LogP contribution in [0, 0.1) is 6.92 Å². The Morgan fingerprint density at radius 2 is 2.37 bits per heavy atom. The largest absolute Gasteiger partial charge is 0.314 e. The van der Waals surface area contributed by atoms with Gasteiger partial charge in [-0.05, 0) is 39.7 Å². The second-order valence-electron chi connectivity index (χ2n) is 5.70. The molecule has 0 bridgehead atoms. The molecular weight excluding hydrogens is 254 g/mol. The Hall–Kier alpha value is -0.450. The molecule has 2 atom stereocenters. The molecule has 1 aromatic rings. The Bertz CT molecular complexity index is 356. The monoisotopic (exact) mass is 281 g/mol. The van der Waals surface area contributed by atoms with Crippen molar-refractivity contribution in [3.05, 3.63) is 16.1 Å². The van der Waals surface area contributed by atoms with E-state index in [9.17, 15) is 0 Å². The fourth-order valence-corrected chi connectivity index (χ4v) is 3.43. The van der Waals surface area contributed by atoms with E-state index in [1.165, 1.54) is 49.4 Å². The highest BCUT2D eigenvalue weighted by Gasteiger charge is 2.14. The smallest absolute Gasteiger partial charge is 0.0897 e. The highest BCUT2D eigenvalue weighted by molar-refractivity contribution is 7.09. The zero-order valence-corrected chi connectivity index (χ0v) is 13.1. The predicted octanol–water partition coefficient (Wildman–Crippen LogP) is 2.89. The molecule has 2 N–H and O–H groups in total. The van der Waals surface area contributed by atoms with E-state index >= 15 is 0 Å². The molecule has 0 saturated carbocycles. The number of hydrogen-bond acceptors (Lipinski definition) is 4. The lowest BCUT2D eigenvalue weighted by Gasteiger charge is -2.21. The van der Waals surface area contributed by atoms with Gasteiger partial charge in [0.05, 0.1) is 10.7 Å². The van der Waals surface area contributed by atoms with Crippen molar-refractivity contribution in [1.82, 2.24) is 15.6 Å². The van der Waals surface area contributed by atoms with Gasteiger partial charge in [-0.1, -0.05) is 12.8 Å². The molecule has 1 saturated heterocycles. The average molecular weight is 281 g/mol. The Morgan fingerprint density at radius 3 is 3.16 bits per heavy atom. The van der Waals surface area contributed by atoms with Gasteiger partial charge in [-0.15, -0.1) is 11.3 Å². The summed E-state index contributed by atoms with van der Waals surface area (Å²) < 4.78 is 0. The van der Waals surface area contributed by atoms with Crippen LogP contribution in [-0.2, 0) is 6.42 Å². The van der Waals surface area contributed by atoms with Crippen molar-refractivity contribution in [2.45, 2.75) is 64.5 Å². The SMILES string of the molecule is Cc1nc(CCNC(C)CC2CCCCCN2)cs1. The van der Waals surface area contributed by atoms with E-state index in [1.807, 2.05) is 0 Å². The summed E-state index contributed by atoms with van der Waals surface area (Å²) in [5.41, 5.74) is 1.23. The maximum absolute atomic E-state index is 4.50. The van der Waals surface area contributed by atoms with Gasteiger partial charge >= 0.3 is 0 Å². The minimum Gasteiger partial charge on any atom is -0.314 e. The van der Waals surface area contributed by atoms with E-state index in [-0.39, 0.29) is 0 Å². The number of hydrogen-bond donors (Lipinski definition) is 2. The second-order valence-corrected chi connectivity index (χ2v) is 6.76. The molecule has 0 spiro atoms. The van der Waals surface area contributed by atoms with Crippen LogP contribution in [-0.4, -0.2) is 30.2 Å². The van der Waals surface area contributed by atoms with Crippen LogP contribution >= 0.6 is 11.3 Å². The van der Waals surface area contributed by atoms with Crippen molar-refractivity contribution in [2.24, 2.45) is 0 Å². The highest BCUT2D eigenvalue weighted by Crippen LogP contribution is 2.13. The van der Waals surface area contributed by atoms with E-state index in [1.54, 1.807) is 11.3 Å². The van der Waals surface area contributed by atoms with Gasteiger partial charge in [0, 0.05) is 30.4 Å². The summed E-state index contributed by atoms with van der Waals surface area (Å²) in [5.74, 6) is 0. The third-order valence-corrected chi connectivity index (χ3v) is 4.66. The number of thiazole rings is 1. The molecule has 0 radical (unpaired) electrons. The zero-order valence-electron chi connectivity index (χ0n) is 12.2. The summed E-state index contributed by atoms with van der Waals surface area (Å²) in [6, 6.07) is 1.31. The maximum Gasteiger partial charge on any atom is 0.0897 e. The molecule has 0 aliphatic carbocycles. The van der Waals surface area contributed by atoms with E-state index < -0.39 is 0 Å². The molecule has 2 heterocycles. The van der Waals surface area contributed by atoms with E-state index in [0.717, 1.165) is 13.0 Å². The van der Waals surface area contributed by atoms with Crippen LogP contribution in [0.3, 0.4) is 0 Å². The molecule has 108 valence electrons. The maximum atomic E-state index is 4.50. The molecule has 1 aliphatic heterocycles. The number of aromatic nitrogens is 1. The van der Waals surface area contributed by atoms with E-state index in [0.29, 0.717) is 12.1 Å². The lowest BCUT2D eigenvalue weighted by molar-refractivity contribution is 0.404. The fraction of sp³-hybridized carbons (Fsp3) is 0.800. The fourth-order valence-electron chi connectivity index (χ4n) is 2.78. The highest BCUT2D eigenvalue weighted by atomic mass is 32.1. The van der Waals surface area contributed by atoms with Gasteiger partial charge in [-0.25, -0.2) is 4.98 Å². The van der Waals surface area contributed by atoms with Crippen LogP contribution < -0.4 is 10.6 Å². The summed E-state index contributed by atoms with van der Waals surface area (Å²) in [4.78, 5) is 4.50. The van der Waals surface area contributed by atoms with Gasteiger partial charge in [0.1, 0.15) is 0 Å². The Balaban J connectivity index is 1.62. The van der Waals surface area contributed by atoms with Crippen LogP contribution in [0.15, 0.2) is 5.38 Å². The Labute approximate surface area is 121 Å². The molecular formula is C15H27N3S. The standard InChI is InChI=1S/C15H27N3S/c1-12(10-14-6-4-3-5-8-17-14)16-9-7-15-11-19-13(2)18-15/h11-12,14,16-17H,3-10H2,1-2H3.